The van der Waals surface area contributed by atoms with Crippen molar-refractivity contribution in [2.24, 2.45) is 0 Å². The number of esters is 1. The molecule has 1 atom stereocenters. The SMILES string of the molecule is COc1ccc(NC(=O)COC(=O)c2ccccc2[S@@](C)=O)c(OC)c1. The van der Waals surface area contributed by atoms with Crippen LogP contribution in [0.4, 0.5) is 5.69 Å². The minimum absolute atomic E-state index is 0.170. The molecule has 0 aliphatic rings. The van der Waals surface area contributed by atoms with Gasteiger partial charge in [-0.15, -0.1) is 0 Å². The maximum absolute atomic E-state index is 12.2. The number of amides is 1. The minimum atomic E-state index is -1.34. The van der Waals surface area contributed by atoms with E-state index in [2.05, 4.69) is 5.32 Å². The van der Waals surface area contributed by atoms with Crippen LogP contribution in [0.15, 0.2) is 47.4 Å². The van der Waals surface area contributed by atoms with Crippen LogP contribution in [0.2, 0.25) is 0 Å². The van der Waals surface area contributed by atoms with Gasteiger partial charge in [0.25, 0.3) is 5.91 Å². The number of methoxy groups -OCH3 is 2. The average molecular weight is 377 g/mol. The molecule has 0 spiro atoms. The highest BCUT2D eigenvalue weighted by molar-refractivity contribution is 7.84. The highest BCUT2D eigenvalue weighted by Crippen LogP contribution is 2.28. The summed E-state index contributed by atoms with van der Waals surface area (Å²) < 4.78 is 27.0. The number of benzene rings is 2. The molecule has 0 saturated carbocycles. The molecule has 0 heterocycles. The number of hydrogen-bond donors (Lipinski definition) is 1. The van der Waals surface area contributed by atoms with Gasteiger partial charge in [-0.2, -0.15) is 0 Å². The van der Waals surface area contributed by atoms with Gasteiger partial charge in [0.15, 0.2) is 6.61 Å². The topological polar surface area (TPSA) is 90.9 Å². The van der Waals surface area contributed by atoms with Crippen LogP contribution in [0, 0.1) is 0 Å². The summed E-state index contributed by atoms with van der Waals surface area (Å²) in [6.07, 6.45) is 1.47. The highest BCUT2D eigenvalue weighted by Gasteiger charge is 2.16. The number of nitrogens with one attached hydrogen (secondary N) is 1. The van der Waals surface area contributed by atoms with Gasteiger partial charge in [0.05, 0.1) is 41.2 Å². The van der Waals surface area contributed by atoms with E-state index in [1.807, 2.05) is 0 Å². The molecule has 0 saturated heterocycles. The molecule has 0 radical (unpaired) electrons. The van der Waals surface area contributed by atoms with Crippen LogP contribution < -0.4 is 14.8 Å². The van der Waals surface area contributed by atoms with Gasteiger partial charge in [-0.1, -0.05) is 12.1 Å². The van der Waals surface area contributed by atoms with E-state index in [1.165, 1.54) is 26.5 Å². The second-order valence-corrected chi connectivity index (χ2v) is 6.49. The molecule has 0 aliphatic carbocycles. The number of hydrogen-bond acceptors (Lipinski definition) is 6. The van der Waals surface area contributed by atoms with Crippen molar-refractivity contribution in [3.05, 3.63) is 48.0 Å². The van der Waals surface area contributed by atoms with Crippen LogP contribution in [-0.2, 0) is 20.3 Å². The van der Waals surface area contributed by atoms with Gasteiger partial charge in [0.2, 0.25) is 0 Å². The van der Waals surface area contributed by atoms with E-state index in [4.69, 9.17) is 14.2 Å². The van der Waals surface area contributed by atoms with Crippen LogP contribution in [0.5, 0.6) is 11.5 Å². The first-order valence-electron chi connectivity index (χ1n) is 7.57. The van der Waals surface area contributed by atoms with E-state index in [0.29, 0.717) is 22.1 Å². The van der Waals surface area contributed by atoms with Crippen molar-refractivity contribution in [3.8, 4) is 11.5 Å². The van der Waals surface area contributed by atoms with Crippen molar-refractivity contribution in [2.75, 3.05) is 32.4 Å². The molecule has 0 bridgehead atoms. The van der Waals surface area contributed by atoms with Gasteiger partial charge in [0, 0.05) is 12.3 Å². The fourth-order valence-corrected chi connectivity index (χ4v) is 2.91. The lowest BCUT2D eigenvalue weighted by atomic mass is 10.2. The maximum atomic E-state index is 12.2. The zero-order chi connectivity index (χ0) is 19.1. The summed E-state index contributed by atoms with van der Waals surface area (Å²) in [7, 11) is 1.64. The number of rotatable bonds is 7. The van der Waals surface area contributed by atoms with Crippen molar-refractivity contribution >= 4 is 28.4 Å². The number of carbonyl (C=O) groups excluding carboxylic acids is 2. The first-order chi connectivity index (χ1) is 12.5. The van der Waals surface area contributed by atoms with Crippen LogP contribution >= 0.6 is 0 Å². The minimum Gasteiger partial charge on any atom is -0.497 e. The third kappa shape index (κ3) is 4.82. The standard InChI is InChI=1S/C18H19NO6S/c1-23-12-8-9-14(15(10-12)24-2)19-17(20)11-25-18(21)13-6-4-5-7-16(13)26(3)22/h4-10H,11H2,1-3H3,(H,19,20)/t26-/m1/s1. The lowest BCUT2D eigenvalue weighted by Gasteiger charge is -2.12. The van der Waals surface area contributed by atoms with Gasteiger partial charge in [-0.3, -0.25) is 9.00 Å². The molecule has 0 unspecified atom stereocenters. The third-order valence-electron chi connectivity index (χ3n) is 3.43. The monoisotopic (exact) mass is 377 g/mol. The van der Waals surface area contributed by atoms with Gasteiger partial charge >= 0.3 is 5.97 Å². The molecular formula is C18H19NO6S. The summed E-state index contributed by atoms with van der Waals surface area (Å²) in [6, 6.07) is 11.3. The zero-order valence-electron chi connectivity index (χ0n) is 14.6. The molecule has 0 aromatic heterocycles. The molecule has 0 fully saturated rings. The second kappa shape index (κ2) is 9.00. The van der Waals surface area contributed by atoms with E-state index in [9.17, 15) is 13.8 Å². The average Bonchev–Trinajstić information content (AvgIpc) is 2.66. The quantitative estimate of drug-likeness (QED) is 0.744. The first kappa shape index (κ1) is 19.5. The van der Waals surface area contributed by atoms with Gasteiger partial charge in [0.1, 0.15) is 11.5 Å². The number of ether oxygens (including phenoxy) is 3. The van der Waals surface area contributed by atoms with E-state index in [1.54, 1.807) is 36.4 Å². The summed E-state index contributed by atoms with van der Waals surface area (Å²) >= 11 is 0. The summed E-state index contributed by atoms with van der Waals surface area (Å²) in [6.45, 7) is -0.487. The lowest BCUT2D eigenvalue weighted by Crippen LogP contribution is -2.21. The molecule has 2 aromatic rings. The molecule has 2 aromatic carbocycles. The Morgan fingerprint density at radius 3 is 2.46 bits per heavy atom. The number of anilines is 1. The van der Waals surface area contributed by atoms with Crippen LogP contribution in [0.25, 0.3) is 0 Å². The number of carbonyl (C=O) groups is 2. The molecule has 1 amide bonds. The van der Waals surface area contributed by atoms with Crippen LogP contribution in [-0.4, -0.2) is 43.2 Å². The van der Waals surface area contributed by atoms with E-state index in [0.717, 1.165) is 0 Å². The molecule has 8 heteroatoms. The van der Waals surface area contributed by atoms with Crippen molar-refractivity contribution in [2.45, 2.75) is 4.90 Å². The Kier molecular flexibility index (Phi) is 6.74. The Balaban J connectivity index is 2.01. The Hall–Kier alpha value is -2.87. The Morgan fingerprint density at radius 1 is 1.08 bits per heavy atom. The summed E-state index contributed by atoms with van der Waals surface area (Å²) in [5.41, 5.74) is 0.590. The van der Waals surface area contributed by atoms with E-state index >= 15 is 0 Å². The van der Waals surface area contributed by atoms with Gasteiger partial charge in [-0.25, -0.2) is 4.79 Å². The van der Waals surface area contributed by atoms with Crippen molar-refractivity contribution in [1.29, 1.82) is 0 Å². The second-order valence-electron chi connectivity index (χ2n) is 5.14. The fraction of sp³-hybridized carbons (Fsp3) is 0.222. The smallest absolute Gasteiger partial charge is 0.339 e. The predicted octanol–water partition coefficient (Wildman–Crippen LogP) is 2.24. The molecular weight excluding hydrogens is 358 g/mol. The Morgan fingerprint density at radius 2 is 1.81 bits per heavy atom. The first-order valence-corrected chi connectivity index (χ1v) is 9.13. The third-order valence-corrected chi connectivity index (χ3v) is 4.41. The fourth-order valence-electron chi connectivity index (χ4n) is 2.18. The van der Waals surface area contributed by atoms with Crippen LogP contribution in [0.3, 0.4) is 0 Å². The van der Waals surface area contributed by atoms with Crippen LogP contribution in [0.1, 0.15) is 10.4 Å². The lowest BCUT2D eigenvalue weighted by molar-refractivity contribution is -0.119. The molecule has 0 aliphatic heterocycles. The predicted molar refractivity (Wildman–Crippen MR) is 97.2 cm³/mol. The Labute approximate surface area is 153 Å². The maximum Gasteiger partial charge on any atom is 0.339 e. The largest absolute Gasteiger partial charge is 0.497 e. The highest BCUT2D eigenvalue weighted by atomic mass is 32.2. The summed E-state index contributed by atoms with van der Waals surface area (Å²) in [4.78, 5) is 24.6. The zero-order valence-corrected chi connectivity index (χ0v) is 15.4. The molecule has 7 nitrogen and oxygen atoms in total. The summed E-state index contributed by atoms with van der Waals surface area (Å²) in [5.74, 6) is -0.254. The van der Waals surface area contributed by atoms with Crippen molar-refractivity contribution < 1.29 is 28.0 Å². The van der Waals surface area contributed by atoms with E-state index < -0.39 is 29.3 Å². The Bertz CT molecular complexity index is 836. The normalized spacial score (nSPS) is 11.3. The van der Waals surface area contributed by atoms with Gasteiger partial charge < -0.3 is 19.5 Å². The van der Waals surface area contributed by atoms with Crippen molar-refractivity contribution in [1.82, 2.24) is 0 Å². The summed E-state index contributed by atoms with van der Waals surface area (Å²) in [5, 5.41) is 2.60. The molecule has 1 N–H and O–H groups in total. The van der Waals surface area contributed by atoms with Gasteiger partial charge in [-0.05, 0) is 24.3 Å². The molecule has 138 valence electrons. The van der Waals surface area contributed by atoms with Crippen molar-refractivity contribution in [3.63, 3.8) is 0 Å². The molecule has 2 rings (SSSR count). The molecule has 26 heavy (non-hydrogen) atoms. The van der Waals surface area contributed by atoms with E-state index in [-0.39, 0.29) is 5.56 Å².